The summed E-state index contributed by atoms with van der Waals surface area (Å²) in [5.74, 6) is 2.25. The minimum absolute atomic E-state index is 0.0322. The van der Waals surface area contributed by atoms with E-state index in [0.29, 0.717) is 6.61 Å². The van der Waals surface area contributed by atoms with E-state index in [1.807, 2.05) is 62.4 Å². The summed E-state index contributed by atoms with van der Waals surface area (Å²) in [5.41, 5.74) is 6.91. The molecular weight excluding hydrogens is 238 g/mol. The molecule has 3 heteroatoms. The Hall–Kier alpha value is -2.00. The van der Waals surface area contributed by atoms with E-state index in [2.05, 4.69) is 0 Å². The monoisotopic (exact) mass is 257 g/mol. The quantitative estimate of drug-likeness (QED) is 0.883. The van der Waals surface area contributed by atoms with Gasteiger partial charge < -0.3 is 15.2 Å². The number of nitrogens with two attached hydrogens (primary N) is 1. The van der Waals surface area contributed by atoms with Crippen LogP contribution in [-0.2, 0) is 0 Å². The third-order valence-electron chi connectivity index (χ3n) is 2.78. The van der Waals surface area contributed by atoms with E-state index >= 15 is 0 Å². The first-order valence-electron chi connectivity index (χ1n) is 6.46. The van der Waals surface area contributed by atoms with Crippen LogP contribution in [0.4, 0.5) is 0 Å². The van der Waals surface area contributed by atoms with Gasteiger partial charge in [-0.2, -0.15) is 0 Å². The molecule has 19 heavy (non-hydrogen) atoms. The van der Waals surface area contributed by atoms with Gasteiger partial charge in [0, 0.05) is 6.04 Å². The zero-order valence-corrected chi connectivity index (χ0v) is 11.3. The van der Waals surface area contributed by atoms with Crippen molar-refractivity contribution in [2.75, 3.05) is 6.61 Å². The summed E-state index contributed by atoms with van der Waals surface area (Å²) in [6, 6.07) is 15.5. The normalized spacial score (nSPS) is 11.9. The van der Waals surface area contributed by atoms with Crippen molar-refractivity contribution >= 4 is 0 Å². The summed E-state index contributed by atoms with van der Waals surface area (Å²) in [4.78, 5) is 0. The van der Waals surface area contributed by atoms with Crippen molar-refractivity contribution in [3.8, 4) is 17.2 Å². The molecule has 0 saturated carbocycles. The van der Waals surface area contributed by atoms with Crippen molar-refractivity contribution < 1.29 is 9.47 Å². The van der Waals surface area contributed by atoms with Crippen molar-refractivity contribution in [3.63, 3.8) is 0 Å². The molecule has 2 aromatic carbocycles. The highest BCUT2D eigenvalue weighted by atomic mass is 16.5. The lowest BCUT2D eigenvalue weighted by molar-refractivity contribution is 0.321. The maximum absolute atomic E-state index is 5.83. The van der Waals surface area contributed by atoms with Crippen LogP contribution in [0.1, 0.15) is 25.5 Å². The molecule has 100 valence electrons. The van der Waals surface area contributed by atoms with E-state index in [-0.39, 0.29) is 6.04 Å². The second-order valence-corrected chi connectivity index (χ2v) is 4.34. The van der Waals surface area contributed by atoms with Crippen LogP contribution in [0.2, 0.25) is 0 Å². The Bertz CT molecular complexity index is 521. The molecule has 0 aliphatic heterocycles. The summed E-state index contributed by atoms with van der Waals surface area (Å²) < 4.78 is 11.4. The largest absolute Gasteiger partial charge is 0.490 e. The molecular formula is C16H19NO2. The number of ether oxygens (including phenoxy) is 2. The van der Waals surface area contributed by atoms with Gasteiger partial charge in [0.15, 0.2) is 11.5 Å². The van der Waals surface area contributed by atoms with E-state index < -0.39 is 0 Å². The van der Waals surface area contributed by atoms with E-state index in [9.17, 15) is 0 Å². The molecule has 0 saturated heterocycles. The van der Waals surface area contributed by atoms with Gasteiger partial charge in [-0.05, 0) is 43.7 Å². The van der Waals surface area contributed by atoms with Gasteiger partial charge in [0.25, 0.3) is 0 Å². The van der Waals surface area contributed by atoms with Crippen LogP contribution in [0.15, 0.2) is 48.5 Å². The maximum Gasteiger partial charge on any atom is 0.169 e. The minimum Gasteiger partial charge on any atom is -0.490 e. The highest BCUT2D eigenvalue weighted by molar-refractivity contribution is 5.43. The Morgan fingerprint density at radius 1 is 1.00 bits per heavy atom. The van der Waals surface area contributed by atoms with Crippen molar-refractivity contribution in [1.82, 2.24) is 0 Å². The Labute approximate surface area is 114 Å². The van der Waals surface area contributed by atoms with Gasteiger partial charge in [-0.15, -0.1) is 0 Å². The Kier molecular flexibility index (Phi) is 4.42. The topological polar surface area (TPSA) is 44.5 Å². The predicted molar refractivity (Wildman–Crippen MR) is 76.7 cm³/mol. The third-order valence-corrected chi connectivity index (χ3v) is 2.78. The summed E-state index contributed by atoms with van der Waals surface area (Å²) in [6.45, 7) is 4.53. The van der Waals surface area contributed by atoms with E-state index in [4.69, 9.17) is 15.2 Å². The average molecular weight is 257 g/mol. The Morgan fingerprint density at radius 3 is 2.21 bits per heavy atom. The van der Waals surface area contributed by atoms with Crippen molar-refractivity contribution in [1.29, 1.82) is 0 Å². The zero-order valence-electron chi connectivity index (χ0n) is 11.3. The van der Waals surface area contributed by atoms with Crippen LogP contribution in [0.25, 0.3) is 0 Å². The van der Waals surface area contributed by atoms with Crippen LogP contribution in [0, 0.1) is 0 Å². The molecule has 0 aromatic heterocycles. The lowest BCUT2D eigenvalue weighted by Crippen LogP contribution is -2.04. The highest BCUT2D eigenvalue weighted by Gasteiger charge is 2.05. The fourth-order valence-corrected chi connectivity index (χ4v) is 1.78. The van der Waals surface area contributed by atoms with Crippen LogP contribution < -0.4 is 15.2 Å². The minimum atomic E-state index is 0.0322. The van der Waals surface area contributed by atoms with Crippen molar-refractivity contribution in [3.05, 3.63) is 54.1 Å². The lowest BCUT2D eigenvalue weighted by Gasteiger charge is -2.12. The van der Waals surface area contributed by atoms with Gasteiger partial charge >= 0.3 is 0 Å². The second-order valence-electron chi connectivity index (χ2n) is 4.34. The molecule has 2 rings (SSSR count). The molecule has 3 nitrogen and oxygen atoms in total. The number of hydrogen-bond donors (Lipinski definition) is 1. The van der Waals surface area contributed by atoms with Gasteiger partial charge in [0.05, 0.1) is 6.61 Å². The molecule has 2 aromatic rings. The van der Waals surface area contributed by atoms with Gasteiger partial charge in [-0.25, -0.2) is 0 Å². The van der Waals surface area contributed by atoms with Gasteiger partial charge in [-0.3, -0.25) is 0 Å². The van der Waals surface area contributed by atoms with Gasteiger partial charge in [-0.1, -0.05) is 24.3 Å². The van der Waals surface area contributed by atoms with Crippen LogP contribution in [0.3, 0.4) is 0 Å². The number of rotatable bonds is 5. The molecule has 0 spiro atoms. The maximum atomic E-state index is 5.83. The fourth-order valence-electron chi connectivity index (χ4n) is 1.78. The Morgan fingerprint density at radius 2 is 1.63 bits per heavy atom. The predicted octanol–water partition coefficient (Wildman–Crippen LogP) is 3.90. The van der Waals surface area contributed by atoms with Crippen molar-refractivity contribution in [2.24, 2.45) is 5.73 Å². The molecule has 0 heterocycles. The molecule has 1 unspecified atom stereocenters. The van der Waals surface area contributed by atoms with Gasteiger partial charge in [0.2, 0.25) is 0 Å². The standard InChI is InChI=1S/C16H19NO2/c1-3-18-15-6-4-5-7-16(15)19-14-10-8-13(9-11-14)12(2)17/h4-12H,3,17H2,1-2H3. The van der Waals surface area contributed by atoms with E-state index in [1.54, 1.807) is 0 Å². The number of hydrogen-bond acceptors (Lipinski definition) is 3. The third kappa shape index (κ3) is 3.48. The number of para-hydroxylation sites is 2. The molecule has 0 fully saturated rings. The molecule has 0 bridgehead atoms. The molecule has 0 aliphatic rings. The Balaban J connectivity index is 2.16. The second kappa shape index (κ2) is 6.25. The van der Waals surface area contributed by atoms with Crippen LogP contribution in [-0.4, -0.2) is 6.61 Å². The van der Waals surface area contributed by atoms with Crippen LogP contribution in [0.5, 0.6) is 17.2 Å². The van der Waals surface area contributed by atoms with Gasteiger partial charge in [0.1, 0.15) is 5.75 Å². The van der Waals surface area contributed by atoms with E-state index in [0.717, 1.165) is 22.8 Å². The molecule has 2 N–H and O–H groups in total. The average Bonchev–Trinajstić information content (AvgIpc) is 2.42. The first-order valence-corrected chi connectivity index (χ1v) is 6.46. The fraction of sp³-hybridized carbons (Fsp3) is 0.250. The molecule has 1 atom stereocenters. The lowest BCUT2D eigenvalue weighted by atomic mass is 10.1. The van der Waals surface area contributed by atoms with E-state index in [1.165, 1.54) is 0 Å². The summed E-state index contributed by atoms with van der Waals surface area (Å²) in [5, 5.41) is 0. The van der Waals surface area contributed by atoms with Crippen LogP contribution >= 0.6 is 0 Å². The highest BCUT2D eigenvalue weighted by Crippen LogP contribution is 2.31. The SMILES string of the molecule is CCOc1ccccc1Oc1ccc(C(C)N)cc1. The van der Waals surface area contributed by atoms with Crippen molar-refractivity contribution in [2.45, 2.75) is 19.9 Å². The molecule has 0 amide bonds. The summed E-state index contributed by atoms with van der Waals surface area (Å²) in [6.07, 6.45) is 0. The zero-order chi connectivity index (χ0) is 13.7. The molecule has 0 aliphatic carbocycles. The summed E-state index contributed by atoms with van der Waals surface area (Å²) in [7, 11) is 0. The molecule has 0 radical (unpaired) electrons. The number of benzene rings is 2. The smallest absolute Gasteiger partial charge is 0.169 e. The first kappa shape index (κ1) is 13.4. The first-order chi connectivity index (χ1) is 9.20. The summed E-state index contributed by atoms with van der Waals surface area (Å²) >= 11 is 0.